The van der Waals surface area contributed by atoms with E-state index in [0.717, 1.165) is 17.9 Å². The van der Waals surface area contributed by atoms with Gasteiger partial charge in [-0.25, -0.2) is 0 Å². The molecule has 0 radical (unpaired) electrons. The van der Waals surface area contributed by atoms with Crippen LogP contribution in [0.4, 0.5) is 0 Å². The van der Waals surface area contributed by atoms with Crippen LogP contribution in [0.1, 0.15) is 18.1 Å². The van der Waals surface area contributed by atoms with Crippen molar-refractivity contribution >= 4 is 34.3 Å². The highest BCUT2D eigenvalue weighted by atomic mass is 35.5. The Hall–Kier alpha value is -1.42. The fourth-order valence-corrected chi connectivity index (χ4v) is 4.03. The van der Waals surface area contributed by atoms with Gasteiger partial charge in [-0.15, -0.1) is 0 Å². The van der Waals surface area contributed by atoms with Gasteiger partial charge in [-0.3, -0.25) is 0 Å². The number of hydrogen-bond donors (Lipinski definition) is 2. The highest BCUT2D eigenvalue weighted by molar-refractivity contribution is 7.99. The van der Waals surface area contributed by atoms with Crippen molar-refractivity contribution in [3.8, 4) is 0 Å². The van der Waals surface area contributed by atoms with Gasteiger partial charge in [0, 0.05) is 31.9 Å². The standard InChI is InChI=1S/C18H19ClN2S/c1-2-12-4-3-5-15-17(11-21-18(12)15)22-16-10-14(19)7-6-13(16)8-9-20/h3-7,10-11,21H,2,8-9,20H2,1H3. The van der Waals surface area contributed by atoms with E-state index in [2.05, 4.69) is 42.4 Å². The molecule has 22 heavy (non-hydrogen) atoms. The summed E-state index contributed by atoms with van der Waals surface area (Å²) in [6, 6.07) is 12.5. The van der Waals surface area contributed by atoms with Crippen LogP contribution in [0.5, 0.6) is 0 Å². The van der Waals surface area contributed by atoms with Crippen LogP contribution in [0.15, 0.2) is 52.4 Å². The average Bonchev–Trinajstić information content (AvgIpc) is 2.93. The molecule has 1 aromatic heterocycles. The summed E-state index contributed by atoms with van der Waals surface area (Å²) >= 11 is 7.92. The predicted molar refractivity (Wildman–Crippen MR) is 96.0 cm³/mol. The van der Waals surface area contributed by atoms with Crippen LogP contribution in [0.3, 0.4) is 0 Å². The number of nitrogens with one attached hydrogen (secondary N) is 1. The number of hydrogen-bond acceptors (Lipinski definition) is 2. The first-order valence-electron chi connectivity index (χ1n) is 7.48. The molecule has 2 nitrogen and oxygen atoms in total. The quantitative estimate of drug-likeness (QED) is 0.688. The smallest absolute Gasteiger partial charge is 0.0498 e. The molecule has 0 spiro atoms. The van der Waals surface area contributed by atoms with Gasteiger partial charge in [-0.1, -0.05) is 54.6 Å². The molecule has 114 valence electrons. The SMILES string of the molecule is CCc1cccc2c(Sc3cc(Cl)ccc3CCN)c[nH]c12. The second-order valence-electron chi connectivity index (χ2n) is 5.24. The minimum atomic E-state index is 0.642. The van der Waals surface area contributed by atoms with Crippen molar-refractivity contribution in [1.29, 1.82) is 0 Å². The van der Waals surface area contributed by atoms with Crippen LogP contribution in [-0.4, -0.2) is 11.5 Å². The summed E-state index contributed by atoms with van der Waals surface area (Å²) in [6.07, 6.45) is 3.97. The minimum absolute atomic E-state index is 0.642. The number of aryl methyl sites for hydroxylation is 1. The largest absolute Gasteiger partial charge is 0.360 e. The molecule has 0 saturated heterocycles. The zero-order valence-electron chi connectivity index (χ0n) is 12.5. The second-order valence-corrected chi connectivity index (χ2v) is 6.76. The Kier molecular flexibility index (Phi) is 4.77. The molecular weight excluding hydrogens is 312 g/mol. The van der Waals surface area contributed by atoms with Gasteiger partial charge < -0.3 is 10.7 Å². The summed E-state index contributed by atoms with van der Waals surface area (Å²) in [4.78, 5) is 5.82. The molecule has 4 heteroatoms. The summed E-state index contributed by atoms with van der Waals surface area (Å²) in [5.41, 5.74) is 9.55. The van der Waals surface area contributed by atoms with Gasteiger partial charge in [-0.2, -0.15) is 0 Å². The Balaban J connectivity index is 2.02. The molecule has 0 fully saturated rings. The maximum atomic E-state index is 6.17. The molecule has 0 atom stereocenters. The number of aromatic nitrogens is 1. The van der Waals surface area contributed by atoms with Gasteiger partial charge >= 0.3 is 0 Å². The number of fused-ring (bicyclic) bond motifs is 1. The number of nitrogens with two attached hydrogens (primary N) is 1. The summed E-state index contributed by atoms with van der Waals surface area (Å²) in [5, 5.41) is 2.03. The van der Waals surface area contributed by atoms with E-state index in [0.29, 0.717) is 6.54 Å². The molecule has 3 N–H and O–H groups in total. The predicted octanol–water partition coefficient (Wildman–Crippen LogP) is 5.04. The van der Waals surface area contributed by atoms with Crippen LogP contribution in [0, 0.1) is 0 Å². The molecule has 3 rings (SSSR count). The van der Waals surface area contributed by atoms with E-state index < -0.39 is 0 Å². The van der Waals surface area contributed by atoms with Gasteiger partial charge in [0.15, 0.2) is 0 Å². The van der Waals surface area contributed by atoms with Gasteiger partial charge in [-0.05, 0) is 42.6 Å². The number of para-hydroxylation sites is 1. The second kappa shape index (κ2) is 6.78. The maximum Gasteiger partial charge on any atom is 0.0498 e. The molecule has 2 aromatic carbocycles. The van der Waals surface area contributed by atoms with E-state index in [1.165, 1.54) is 31.8 Å². The Morgan fingerprint density at radius 3 is 2.77 bits per heavy atom. The molecule has 0 unspecified atom stereocenters. The molecule has 0 aliphatic rings. The van der Waals surface area contributed by atoms with Gasteiger partial charge in [0.1, 0.15) is 0 Å². The fraction of sp³-hybridized carbons (Fsp3) is 0.222. The molecule has 3 aromatic rings. The van der Waals surface area contributed by atoms with E-state index >= 15 is 0 Å². The third-order valence-electron chi connectivity index (χ3n) is 3.81. The minimum Gasteiger partial charge on any atom is -0.360 e. The summed E-state index contributed by atoms with van der Waals surface area (Å²) in [5.74, 6) is 0. The molecule has 0 bridgehead atoms. The van der Waals surface area contributed by atoms with Crippen molar-refractivity contribution in [3.63, 3.8) is 0 Å². The van der Waals surface area contributed by atoms with Gasteiger partial charge in [0.05, 0.1) is 0 Å². The zero-order chi connectivity index (χ0) is 15.5. The summed E-state index contributed by atoms with van der Waals surface area (Å²) in [6.45, 7) is 2.82. The Morgan fingerprint density at radius 2 is 2.00 bits per heavy atom. The average molecular weight is 331 g/mol. The fourth-order valence-electron chi connectivity index (χ4n) is 2.67. The summed E-state index contributed by atoms with van der Waals surface area (Å²) in [7, 11) is 0. The number of rotatable bonds is 5. The van der Waals surface area contributed by atoms with Crippen molar-refractivity contribution in [1.82, 2.24) is 4.98 Å². The third-order valence-corrected chi connectivity index (χ3v) is 5.20. The lowest BCUT2D eigenvalue weighted by molar-refractivity contribution is 0.944. The van der Waals surface area contributed by atoms with Crippen molar-refractivity contribution in [3.05, 3.63) is 58.7 Å². The molecule has 0 aliphatic carbocycles. The molecule has 1 heterocycles. The first kappa shape index (κ1) is 15.5. The van der Waals surface area contributed by atoms with Gasteiger partial charge in [0.25, 0.3) is 0 Å². The lowest BCUT2D eigenvalue weighted by atomic mass is 10.1. The van der Waals surface area contributed by atoms with Gasteiger partial charge in [0.2, 0.25) is 0 Å². The zero-order valence-corrected chi connectivity index (χ0v) is 14.1. The molecular formula is C18H19ClN2S. The topological polar surface area (TPSA) is 41.8 Å². The van der Waals surface area contributed by atoms with E-state index in [1.807, 2.05) is 12.1 Å². The van der Waals surface area contributed by atoms with E-state index in [4.69, 9.17) is 17.3 Å². The lowest BCUT2D eigenvalue weighted by Crippen LogP contribution is -2.03. The molecule has 0 aliphatic heterocycles. The van der Waals surface area contributed by atoms with Crippen molar-refractivity contribution in [2.45, 2.75) is 29.6 Å². The Labute approximate surface area is 140 Å². The molecule has 0 saturated carbocycles. The van der Waals surface area contributed by atoms with Crippen LogP contribution < -0.4 is 5.73 Å². The number of benzene rings is 2. The van der Waals surface area contributed by atoms with E-state index in [-0.39, 0.29) is 0 Å². The molecule has 0 amide bonds. The first-order valence-corrected chi connectivity index (χ1v) is 8.67. The van der Waals surface area contributed by atoms with Crippen molar-refractivity contribution in [2.24, 2.45) is 5.73 Å². The Morgan fingerprint density at radius 1 is 1.14 bits per heavy atom. The maximum absolute atomic E-state index is 6.17. The van der Waals surface area contributed by atoms with Crippen molar-refractivity contribution < 1.29 is 0 Å². The van der Waals surface area contributed by atoms with Crippen LogP contribution in [-0.2, 0) is 12.8 Å². The monoisotopic (exact) mass is 330 g/mol. The van der Waals surface area contributed by atoms with E-state index in [9.17, 15) is 0 Å². The number of halogens is 1. The van der Waals surface area contributed by atoms with Crippen LogP contribution in [0.25, 0.3) is 10.9 Å². The van der Waals surface area contributed by atoms with Crippen LogP contribution in [0.2, 0.25) is 5.02 Å². The Bertz CT molecular complexity index is 795. The summed E-state index contributed by atoms with van der Waals surface area (Å²) < 4.78 is 0. The number of aromatic amines is 1. The number of H-pyrrole nitrogens is 1. The van der Waals surface area contributed by atoms with Crippen LogP contribution >= 0.6 is 23.4 Å². The first-order chi connectivity index (χ1) is 10.7. The van der Waals surface area contributed by atoms with E-state index in [1.54, 1.807) is 11.8 Å². The normalized spacial score (nSPS) is 11.2. The highest BCUT2D eigenvalue weighted by Crippen LogP contribution is 2.37. The third kappa shape index (κ3) is 3.02. The highest BCUT2D eigenvalue weighted by Gasteiger charge is 2.11. The van der Waals surface area contributed by atoms with Crippen molar-refractivity contribution in [2.75, 3.05) is 6.54 Å². The lowest BCUT2D eigenvalue weighted by Gasteiger charge is -2.08.